The van der Waals surface area contributed by atoms with Gasteiger partial charge in [0.05, 0.1) is 17.9 Å². The van der Waals surface area contributed by atoms with Gasteiger partial charge in [0.15, 0.2) is 6.10 Å². The number of ether oxygens (including phenoxy) is 2. The lowest BCUT2D eigenvalue weighted by molar-refractivity contribution is -0.122. The summed E-state index contributed by atoms with van der Waals surface area (Å²) in [6, 6.07) is 12.1. The third kappa shape index (κ3) is 5.28. The minimum atomic E-state index is -0.548. The first kappa shape index (κ1) is 21.2. The molecule has 3 amide bonds. The Morgan fingerprint density at radius 2 is 2.00 bits per heavy atom. The highest BCUT2D eigenvalue weighted by Gasteiger charge is 2.23. The zero-order valence-electron chi connectivity index (χ0n) is 17.0. The molecule has 3 rings (SSSR count). The van der Waals surface area contributed by atoms with Crippen molar-refractivity contribution in [1.82, 2.24) is 5.32 Å². The first-order valence-electron chi connectivity index (χ1n) is 9.89. The summed E-state index contributed by atoms with van der Waals surface area (Å²) in [6.07, 6.45) is 0.176. The van der Waals surface area contributed by atoms with Gasteiger partial charge in [-0.2, -0.15) is 0 Å². The molecular weight excluding hydrogens is 386 g/mol. The number of amides is 3. The molecule has 0 aliphatic carbocycles. The predicted octanol–water partition coefficient (Wildman–Crippen LogP) is 2.95. The fourth-order valence-corrected chi connectivity index (χ4v) is 2.99. The minimum absolute atomic E-state index is 0.185. The van der Waals surface area contributed by atoms with Crippen LogP contribution >= 0.6 is 0 Å². The molecule has 1 aliphatic heterocycles. The predicted molar refractivity (Wildman–Crippen MR) is 113 cm³/mol. The van der Waals surface area contributed by atoms with E-state index in [-0.39, 0.29) is 24.1 Å². The summed E-state index contributed by atoms with van der Waals surface area (Å²) < 4.78 is 11.0. The third-order valence-corrected chi connectivity index (χ3v) is 4.49. The number of carbonyl (C=O) groups excluding carboxylic acids is 3. The van der Waals surface area contributed by atoms with Crippen LogP contribution in [0.3, 0.4) is 0 Å². The van der Waals surface area contributed by atoms with Crippen molar-refractivity contribution in [2.24, 2.45) is 0 Å². The second-order valence-electron chi connectivity index (χ2n) is 6.80. The maximum atomic E-state index is 12.3. The van der Waals surface area contributed by atoms with Crippen molar-refractivity contribution in [3.8, 4) is 11.5 Å². The van der Waals surface area contributed by atoms with Gasteiger partial charge in [-0.1, -0.05) is 12.1 Å². The molecule has 0 fully saturated rings. The van der Waals surface area contributed by atoms with Crippen LogP contribution in [0.25, 0.3) is 0 Å². The topological polar surface area (TPSA) is 106 Å². The third-order valence-electron chi connectivity index (χ3n) is 4.49. The Bertz CT molecular complexity index is 944. The Morgan fingerprint density at radius 3 is 2.80 bits per heavy atom. The number of carbonyl (C=O) groups is 3. The van der Waals surface area contributed by atoms with E-state index in [4.69, 9.17) is 9.47 Å². The maximum absolute atomic E-state index is 12.3. The molecule has 8 heteroatoms. The molecule has 8 nitrogen and oxygen atoms in total. The number of fused-ring (bicyclic) bond motifs is 1. The first-order chi connectivity index (χ1) is 14.5. The fourth-order valence-electron chi connectivity index (χ4n) is 2.99. The van der Waals surface area contributed by atoms with Gasteiger partial charge in [-0.3, -0.25) is 14.4 Å². The second-order valence-corrected chi connectivity index (χ2v) is 6.80. The number of rotatable bonds is 8. The lowest BCUT2D eigenvalue weighted by Crippen LogP contribution is -2.34. The molecule has 2 aromatic rings. The van der Waals surface area contributed by atoms with E-state index < -0.39 is 6.10 Å². The lowest BCUT2D eigenvalue weighted by atomic mass is 10.2. The Hall–Kier alpha value is -3.55. The molecule has 3 N–H and O–H groups in total. The number of benzene rings is 2. The van der Waals surface area contributed by atoms with Crippen LogP contribution < -0.4 is 25.4 Å². The van der Waals surface area contributed by atoms with E-state index in [0.717, 1.165) is 0 Å². The molecule has 1 heterocycles. The standard InChI is InChI=1S/C22H25N3O5/c1-3-29-18-8-5-4-7-16(18)22(28)23-12-6-9-20(26)24-15-10-11-19-17(13-15)25-21(27)14(2)30-19/h4-5,7-8,10-11,13-14H,3,6,9,12H2,1-2H3,(H,23,28)(H,24,26)(H,25,27)/t14-/m0/s1. The zero-order chi connectivity index (χ0) is 21.5. The Morgan fingerprint density at radius 1 is 1.20 bits per heavy atom. The van der Waals surface area contributed by atoms with Crippen LogP contribution in [-0.4, -0.2) is 37.0 Å². The van der Waals surface area contributed by atoms with Crippen LogP contribution in [0, 0.1) is 0 Å². The van der Waals surface area contributed by atoms with Crippen LogP contribution in [-0.2, 0) is 9.59 Å². The number of nitrogens with one attached hydrogen (secondary N) is 3. The molecule has 0 aromatic heterocycles. The highest BCUT2D eigenvalue weighted by atomic mass is 16.5. The molecule has 158 valence electrons. The van der Waals surface area contributed by atoms with Gasteiger partial charge in [-0.25, -0.2) is 0 Å². The molecule has 30 heavy (non-hydrogen) atoms. The van der Waals surface area contributed by atoms with Crippen molar-refractivity contribution in [3.63, 3.8) is 0 Å². The Kier molecular flexibility index (Phi) is 6.90. The fraction of sp³-hybridized carbons (Fsp3) is 0.318. The Balaban J connectivity index is 1.45. The summed E-state index contributed by atoms with van der Waals surface area (Å²) in [5, 5.41) is 8.33. The maximum Gasteiger partial charge on any atom is 0.265 e. The van der Waals surface area contributed by atoms with Crippen molar-refractivity contribution in [3.05, 3.63) is 48.0 Å². The van der Waals surface area contributed by atoms with E-state index in [2.05, 4.69) is 16.0 Å². The van der Waals surface area contributed by atoms with Gasteiger partial charge >= 0.3 is 0 Å². The van der Waals surface area contributed by atoms with Crippen molar-refractivity contribution in [2.75, 3.05) is 23.8 Å². The van der Waals surface area contributed by atoms with Gasteiger partial charge in [0.1, 0.15) is 11.5 Å². The van der Waals surface area contributed by atoms with E-state index in [1.54, 1.807) is 43.3 Å². The number of hydrogen-bond donors (Lipinski definition) is 3. The average Bonchev–Trinajstić information content (AvgIpc) is 2.73. The quantitative estimate of drug-likeness (QED) is 0.579. The average molecular weight is 411 g/mol. The molecule has 0 saturated carbocycles. The summed E-state index contributed by atoms with van der Waals surface area (Å²) in [6.45, 7) is 4.36. The number of anilines is 2. The second kappa shape index (κ2) is 9.78. The van der Waals surface area contributed by atoms with Crippen LogP contribution in [0.5, 0.6) is 11.5 Å². The van der Waals surface area contributed by atoms with Crippen molar-refractivity contribution in [1.29, 1.82) is 0 Å². The van der Waals surface area contributed by atoms with Gasteiger partial charge in [0, 0.05) is 18.7 Å². The molecule has 1 aliphatic rings. The molecule has 0 unspecified atom stereocenters. The van der Waals surface area contributed by atoms with Gasteiger partial charge < -0.3 is 25.4 Å². The smallest absolute Gasteiger partial charge is 0.265 e. The highest BCUT2D eigenvalue weighted by Crippen LogP contribution is 2.32. The van der Waals surface area contributed by atoms with Gasteiger partial charge in [0.2, 0.25) is 5.91 Å². The summed E-state index contributed by atoms with van der Waals surface area (Å²) in [7, 11) is 0. The van der Waals surface area contributed by atoms with Crippen LogP contribution in [0.1, 0.15) is 37.0 Å². The number of hydrogen-bond acceptors (Lipinski definition) is 5. The Labute approximate surface area is 174 Å². The van der Waals surface area contributed by atoms with Crippen molar-refractivity contribution in [2.45, 2.75) is 32.8 Å². The molecule has 2 aromatic carbocycles. The first-order valence-corrected chi connectivity index (χ1v) is 9.89. The molecule has 0 bridgehead atoms. The number of para-hydroxylation sites is 1. The van der Waals surface area contributed by atoms with Gasteiger partial charge in [0.25, 0.3) is 11.8 Å². The molecular formula is C22H25N3O5. The van der Waals surface area contributed by atoms with Crippen LogP contribution in [0.15, 0.2) is 42.5 Å². The molecule has 0 radical (unpaired) electrons. The van der Waals surface area contributed by atoms with Crippen molar-refractivity contribution >= 4 is 29.1 Å². The lowest BCUT2D eigenvalue weighted by Gasteiger charge is -2.23. The minimum Gasteiger partial charge on any atom is -0.493 e. The van der Waals surface area contributed by atoms with E-state index >= 15 is 0 Å². The summed E-state index contributed by atoms with van der Waals surface area (Å²) in [5.41, 5.74) is 1.56. The van der Waals surface area contributed by atoms with Gasteiger partial charge in [-0.15, -0.1) is 0 Å². The summed E-state index contributed by atoms with van der Waals surface area (Å²) >= 11 is 0. The van der Waals surface area contributed by atoms with E-state index in [0.29, 0.717) is 48.0 Å². The summed E-state index contributed by atoms with van der Waals surface area (Å²) in [4.78, 5) is 36.2. The molecule has 1 atom stereocenters. The monoisotopic (exact) mass is 411 g/mol. The van der Waals surface area contributed by atoms with E-state index in [9.17, 15) is 14.4 Å². The van der Waals surface area contributed by atoms with Crippen molar-refractivity contribution < 1.29 is 23.9 Å². The summed E-state index contributed by atoms with van der Waals surface area (Å²) in [5.74, 6) is 0.449. The van der Waals surface area contributed by atoms with Gasteiger partial charge in [-0.05, 0) is 50.6 Å². The normalized spacial score (nSPS) is 14.7. The SMILES string of the molecule is CCOc1ccccc1C(=O)NCCCC(=O)Nc1ccc2c(c1)NC(=O)[C@H](C)O2. The largest absolute Gasteiger partial charge is 0.493 e. The van der Waals surface area contributed by atoms with Crippen LogP contribution in [0.2, 0.25) is 0 Å². The molecule has 0 spiro atoms. The van der Waals surface area contributed by atoms with E-state index in [1.165, 1.54) is 0 Å². The molecule has 0 saturated heterocycles. The highest BCUT2D eigenvalue weighted by molar-refractivity contribution is 5.99. The zero-order valence-corrected chi connectivity index (χ0v) is 17.0. The van der Waals surface area contributed by atoms with E-state index in [1.807, 2.05) is 13.0 Å². The van der Waals surface area contributed by atoms with Crippen LogP contribution in [0.4, 0.5) is 11.4 Å².